The Bertz CT molecular complexity index is 730. The number of carbonyl (C=O) groups excluding carboxylic acids is 2. The Morgan fingerprint density at radius 3 is 2.85 bits per heavy atom. The van der Waals surface area contributed by atoms with Crippen LogP contribution in [0.4, 0.5) is 5.82 Å². The average Bonchev–Trinajstić information content (AvgIpc) is 3.22. The summed E-state index contributed by atoms with van der Waals surface area (Å²) in [6, 6.07) is 5.60. The van der Waals surface area contributed by atoms with E-state index in [1.165, 1.54) is 11.3 Å². The molecule has 2 aromatic rings. The van der Waals surface area contributed by atoms with Crippen molar-refractivity contribution in [2.75, 3.05) is 37.7 Å². The fourth-order valence-electron chi connectivity index (χ4n) is 2.70. The van der Waals surface area contributed by atoms with E-state index in [0.29, 0.717) is 31.9 Å². The predicted octanol–water partition coefficient (Wildman–Crippen LogP) is 1.42. The molecule has 26 heavy (non-hydrogen) atoms. The lowest BCUT2D eigenvalue weighted by Gasteiger charge is -2.29. The number of pyridine rings is 1. The summed E-state index contributed by atoms with van der Waals surface area (Å²) in [6.07, 6.45) is 2.00. The first-order valence-electron chi connectivity index (χ1n) is 8.58. The number of carbonyl (C=O) groups is 2. The molecule has 0 spiro atoms. The molecule has 1 saturated heterocycles. The maximum atomic E-state index is 12.1. The highest BCUT2D eigenvalue weighted by atomic mass is 32.1. The maximum Gasteiger partial charge on any atom is 0.252 e. The van der Waals surface area contributed by atoms with Gasteiger partial charge in [-0.3, -0.25) is 9.59 Å². The Morgan fingerprint density at radius 2 is 2.08 bits per heavy atom. The number of thiophene rings is 1. The van der Waals surface area contributed by atoms with E-state index in [1.807, 2.05) is 17.5 Å². The van der Waals surface area contributed by atoms with Crippen molar-refractivity contribution in [1.82, 2.24) is 15.6 Å². The van der Waals surface area contributed by atoms with Gasteiger partial charge in [0.05, 0.1) is 13.2 Å². The monoisotopic (exact) mass is 374 g/mol. The van der Waals surface area contributed by atoms with Gasteiger partial charge < -0.3 is 20.3 Å². The van der Waals surface area contributed by atoms with E-state index in [1.54, 1.807) is 17.6 Å². The van der Waals surface area contributed by atoms with Gasteiger partial charge in [-0.05, 0) is 17.5 Å². The molecule has 1 fully saturated rings. The van der Waals surface area contributed by atoms with Gasteiger partial charge in [0.25, 0.3) is 5.91 Å². The van der Waals surface area contributed by atoms with Crippen LogP contribution in [0.2, 0.25) is 0 Å². The van der Waals surface area contributed by atoms with E-state index < -0.39 is 0 Å². The first-order valence-corrected chi connectivity index (χ1v) is 9.52. The minimum Gasteiger partial charge on any atom is -0.378 e. The number of ether oxygens (including phenoxy) is 1. The summed E-state index contributed by atoms with van der Waals surface area (Å²) in [5.41, 5.74) is 1.60. The van der Waals surface area contributed by atoms with Crippen LogP contribution >= 0.6 is 11.3 Å². The summed E-state index contributed by atoms with van der Waals surface area (Å²) in [5.74, 6) is 0.634. The molecule has 0 bridgehead atoms. The molecule has 2 aromatic heterocycles. The highest BCUT2D eigenvalue weighted by molar-refractivity contribution is 7.08. The SMILES string of the molecule is O=C(CCNC(=O)c1ccsc1)NCc1cccnc1N1CCOCC1. The third-order valence-electron chi connectivity index (χ3n) is 4.08. The zero-order valence-corrected chi connectivity index (χ0v) is 15.3. The number of hydrogen-bond donors (Lipinski definition) is 2. The van der Waals surface area contributed by atoms with E-state index in [0.717, 1.165) is 24.5 Å². The second kappa shape index (κ2) is 9.30. The lowest BCUT2D eigenvalue weighted by molar-refractivity contribution is -0.121. The van der Waals surface area contributed by atoms with Gasteiger partial charge in [0.15, 0.2) is 0 Å². The van der Waals surface area contributed by atoms with Crippen LogP contribution in [0.5, 0.6) is 0 Å². The highest BCUT2D eigenvalue weighted by Gasteiger charge is 2.16. The minimum absolute atomic E-state index is 0.104. The molecule has 3 rings (SSSR count). The van der Waals surface area contributed by atoms with Crippen molar-refractivity contribution in [3.05, 3.63) is 46.3 Å². The Balaban J connectivity index is 1.45. The summed E-state index contributed by atoms with van der Waals surface area (Å²) >= 11 is 1.47. The van der Waals surface area contributed by atoms with Crippen molar-refractivity contribution in [1.29, 1.82) is 0 Å². The molecule has 0 aromatic carbocycles. The van der Waals surface area contributed by atoms with Crippen LogP contribution in [0.25, 0.3) is 0 Å². The molecule has 0 atom stereocenters. The summed E-state index contributed by atoms with van der Waals surface area (Å²) in [6.45, 7) is 3.69. The van der Waals surface area contributed by atoms with Gasteiger partial charge in [-0.15, -0.1) is 0 Å². The van der Waals surface area contributed by atoms with Gasteiger partial charge >= 0.3 is 0 Å². The fraction of sp³-hybridized carbons (Fsp3) is 0.389. The number of morpholine rings is 1. The largest absolute Gasteiger partial charge is 0.378 e. The minimum atomic E-state index is -0.152. The van der Waals surface area contributed by atoms with Crippen molar-refractivity contribution >= 4 is 29.0 Å². The first-order chi connectivity index (χ1) is 12.7. The molecule has 138 valence electrons. The molecule has 0 unspecified atom stereocenters. The predicted molar refractivity (Wildman–Crippen MR) is 100 cm³/mol. The first kappa shape index (κ1) is 18.3. The van der Waals surface area contributed by atoms with Gasteiger partial charge in [-0.25, -0.2) is 4.98 Å². The van der Waals surface area contributed by atoms with Crippen LogP contribution in [0, 0.1) is 0 Å². The van der Waals surface area contributed by atoms with Gasteiger partial charge in [-0.2, -0.15) is 11.3 Å². The number of hydrogen-bond acceptors (Lipinski definition) is 6. The molecule has 0 aliphatic carbocycles. The summed E-state index contributed by atoms with van der Waals surface area (Å²) in [7, 11) is 0. The molecule has 1 aliphatic rings. The standard InChI is InChI=1S/C18H22N4O3S/c23-16(3-6-20-18(24)15-4-11-26-13-15)21-12-14-2-1-5-19-17(14)22-7-9-25-10-8-22/h1-2,4-5,11,13H,3,6-10,12H2,(H,20,24)(H,21,23). The molecule has 2 amide bonds. The van der Waals surface area contributed by atoms with Gasteiger partial charge in [0.1, 0.15) is 5.82 Å². The van der Waals surface area contributed by atoms with E-state index >= 15 is 0 Å². The Hall–Kier alpha value is -2.45. The summed E-state index contributed by atoms with van der Waals surface area (Å²) < 4.78 is 5.38. The van der Waals surface area contributed by atoms with Crippen LogP contribution in [0.15, 0.2) is 35.2 Å². The molecule has 0 saturated carbocycles. The Morgan fingerprint density at radius 1 is 1.23 bits per heavy atom. The van der Waals surface area contributed by atoms with Crippen molar-refractivity contribution in [3.63, 3.8) is 0 Å². The Labute approximate surface area is 156 Å². The van der Waals surface area contributed by atoms with E-state index in [-0.39, 0.29) is 18.2 Å². The van der Waals surface area contributed by atoms with Crippen molar-refractivity contribution in [3.8, 4) is 0 Å². The molecule has 7 nitrogen and oxygen atoms in total. The second-order valence-corrected chi connectivity index (χ2v) is 6.66. The summed E-state index contributed by atoms with van der Waals surface area (Å²) in [4.78, 5) is 30.5. The number of nitrogens with zero attached hydrogens (tertiary/aromatic N) is 2. The number of rotatable bonds is 7. The molecule has 8 heteroatoms. The third-order valence-corrected chi connectivity index (χ3v) is 4.76. The normalized spacial score (nSPS) is 14.1. The number of aromatic nitrogens is 1. The average molecular weight is 374 g/mol. The maximum absolute atomic E-state index is 12.1. The van der Waals surface area contributed by atoms with Crippen LogP contribution in [-0.4, -0.2) is 49.6 Å². The van der Waals surface area contributed by atoms with Crippen molar-refractivity contribution in [2.45, 2.75) is 13.0 Å². The number of amides is 2. The molecular weight excluding hydrogens is 352 g/mol. The lowest BCUT2D eigenvalue weighted by atomic mass is 10.2. The molecule has 0 radical (unpaired) electrons. The highest BCUT2D eigenvalue weighted by Crippen LogP contribution is 2.18. The zero-order chi connectivity index (χ0) is 18.2. The van der Waals surface area contributed by atoms with E-state index in [2.05, 4.69) is 20.5 Å². The number of anilines is 1. The van der Waals surface area contributed by atoms with E-state index in [4.69, 9.17) is 4.74 Å². The Kier molecular flexibility index (Phi) is 6.56. The third kappa shape index (κ3) is 5.03. The summed E-state index contributed by atoms with van der Waals surface area (Å²) in [5, 5.41) is 9.28. The van der Waals surface area contributed by atoms with Gasteiger partial charge in [-0.1, -0.05) is 6.07 Å². The lowest BCUT2D eigenvalue weighted by Crippen LogP contribution is -2.38. The quantitative estimate of drug-likeness (QED) is 0.766. The second-order valence-electron chi connectivity index (χ2n) is 5.88. The molecule has 3 heterocycles. The fourth-order valence-corrected chi connectivity index (χ4v) is 3.33. The molecular formula is C18H22N4O3S. The van der Waals surface area contributed by atoms with Gasteiger partial charge in [0, 0.05) is 55.3 Å². The van der Waals surface area contributed by atoms with Crippen LogP contribution < -0.4 is 15.5 Å². The topological polar surface area (TPSA) is 83.6 Å². The van der Waals surface area contributed by atoms with Crippen molar-refractivity contribution < 1.29 is 14.3 Å². The number of nitrogens with one attached hydrogen (secondary N) is 2. The van der Waals surface area contributed by atoms with Gasteiger partial charge in [0.2, 0.25) is 5.91 Å². The van der Waals surface area contributed by atoms with Crippen LogP contribution in [0.3, 0.4) is 0 Å². The van der Waals surface area contributed by atoms with Crippen LogP contribution in [0.1, 0.15) is 22.3 Å². The molecule has 1 aliphatic heterocycles. The zero-order valence-electron chi connectivity index (χ0n) is 14.4. The van der Waals surface area contributed by atoms with Crippen LogP contribution in [-0.2, 0) is 16.1 Å². The van der Waals surface area contributed by atoms with Crippen molar-refractivity contribution in [2.24, 2.45) is 0 Å². The smallest absolute Gasteiger partial charge is 0.252 e. The van der Waals surface area contributed by atoms with E-state index in [9.17, 15) is 9.59 Å². The molecule has 2 N–H and O–H groups in total.